The number of aryl methyl sites for hydroxylation is 1. The molecule has 0 fully saturated rings. The number of amides is 1. The zero-order valence-electron chi connectivity index (χ0n) is 14.4. The van der Waals surface area contributed by atoms with Crippen LogP contribution in [0, 0.1) is 6.92 Å². The van der Waals surface area contributed by atoms with Crippen LogP contribution in [0.4, 0.5) is 5.69 Å². The second-order valence-corrected chi connectivity index (χ2v) is 8.74. The van der Waals surface area contributed by atoms with Gasteiger partial charge in [-0.05, 0) is 0 Å². The van der Waals surface area contributed by atoms with Gasteiger partial charge in [-0.2, -0.15) is 0 Å². The molecule has 26 heavy (non-hydrogen) atoms. The molecule has 0 aromatic heterocycles. The van der Waals surface area contributed by atoms with E-state index in [-0.39, 0.29) is 20.9 Å². The van der Waals surface area contributed by atoms with Crippen molar-refractivity contribution in [2.45, 2.75) is 11.8 Å². The van der Waals surface area contributed by atoms with Crippen molar-refractivity contribution in [3.63, 3.8) is 0 Å². The topological polar surface area (TPSA) is 29.1 Å². The van der Waals surface area contributed by atoms with E-state index in [4.69, 9.17) is 0 Å². The van der Waals surface area contributed by atoms with Crippen molar-refractivity contribution in [2.24, 2.45) is 0 Å². The van der Waals surface area contributed by atoms with Crippen molar-refractivity contribution >= 4 is 42.8 Å². The molecule has 3 aromatic carbocycles. The Morgan fingerprint density at radius 2 is 1.50 bits per heavy atom. The standard InChI is InChI=1S/C22H19NOSSe/c1-17-12-14-18(15-13-17)23-22(24)21(25-19-8-4-2-5-9-19)16-26-20-10-6-3-7-11-20/h2-16H,1H3,(H,23,24)/b21-16-. The molecular formula is C22H19NOSSe. The SMILES string of the molecule is Cc1ccc(NC(=O)/C(=C/[Se]c2ccccc2)Sc2ccccc2)cc1. The number of rotatable bonds is 6. The molecule has 0 radical (unpaired) electrons. The van der Waals surface area contributed by atoms with E-state index < -0.39 is 0 Å². The van der Waals surface area contributed by atoms with Crippen LogP contribution in [0.2, 0.25) is 0 Å². The Balaban J connectivity index is 1.79. The van der Waals surface area contributed by atoms with Crippen LogP contribution >= 0.6 is 11.8 Å². The molecule has 0 unspecified atom stereocenters. The number of nitrogens with one attached hydrogen (secondary N) is 1. The van der Waals surface area contributed by atoms with E-state index in [1.165, 1.54) is 21.8 Å². The maximum absolute atomic E-state index is 12.8. The summed E-state index contributed by atoms with van der Waals surface area (Å²) in [4.78, 5) is 16.7. The average Bonchev–Trinajstić information content (AvgIpc) is 2.68. The maximum atomic E-state index is 12.8. The second kappa shape index (κ2) is 9.44. The molecule has 0 heterocycles. The third kappa shape index (κ3) is 5.63. The van der Waals surface area contributed by atoms with Crippen LogP contribution in [0.25, 0.3) is 0 Å². The first-order chi connectivity index (χ1) is 12.7. The van der Waals surface area contributed by atoms with E-state index in [9.17, 15) is 4.79 Å². The predicted molar refractivity (Wildman–Crippen MR) is 112 cm³/mol. The Kier molecular flexibility index (Phi) is 6.73. The first kappa shape index (κ1) is 18.5. The molecule has 0 aliphatic carbocycles. The normalized spacial score (nSPS) is 11.2. The number of carbonyl (C=O) groups excluding carboxylic acids is 1. The van der Waals surface area contributed by atoms with E-state index in [1.807, 2.05) is 79.7 Å². The van der Waals surface area contributed by atoms with Crippen molar-refractivity contribution in [1.29, 1.82) is 0 Å². The molecule has 2 nitrogen and oxygen atoms in total. The molecule has 0 saturated heterocycles. The van der Waals surface area contributed by atoms with Gasteiger partial charge < -0.3 is 0 Å². The molecule has 0 saturated carbocycles. The van der Waals surface area contributed by atoms with Crippen molar-refractivity contribution in [3.05, 3.63) is 100 Å². The minimum absolute atomic E-state index is 0.0690. The van der Waals surface area contributed by atoms with E-state index >= 15 is 0 Å². The number of thioether (sulfide) groups is 1. The zero-order chi connectivity index (χ0) is 18.2. The molecule has 0 bridgehead atoms. The van der Waals surface area contributed by atoms with Gasteiger partial charge in [0.2, 0.25) is 0 Å². The Morgan fingerprint density at radius 3 is 2.15 bits per heavy atom. The predicted octanol–water partition coefficient (Wildman–Crippen LogP) is 4.60. The molecule has 0 spiro atoms. The van der Waals surface area contributed by atoms with Crippen molar-refractivity contribution in [3.8, 4) is 0 Å². The van der Waals surface area contributed by atoms with E-state index in [2.05, 4.69) is 22.4 Å². The molecule has 0 aliphatic heterocycles. The van der Waals surface area contributed by atoms with Crippen molar-refractivity contribution < 1.29 is 4.79 Å². The van der Waals surface area contributed by atoms with Crippen molar-refractivity contribution in [1.82, 2.24) is 0 Å². The van der Waals surface area contributed by atoms with Crippen molar-refractivity contribution in [2.75, 3.05) is 5.32 Å². The fraction of sp³-hybridized carbons (Fsp3) is 0.0455. The first-order valence-electron chi connectivity index (χ1n) is 8.23. The molecule has 0 atom stereocenters. The van der Waals surface area contributed by atoms with Gasteiger partial charge in [-0.15, -0.1) is 0 Å². The summed E-state index contributed by atoms with van der Waals surface area (Å²) in [5, 5.41) is 3.01. The van der Waals surface area contributed by atoms with Gasteiger partial charge in [0, 0.05) is 0 Å². The summed E-state index contributed by atoms with van der Waals surface area (Å²) in [6.07, 6.45) is 0. The van der Waals surface area contributed by atoms with E-state index in [0.29, 0.717) is 0 Å². The van der Waals surface area contributed by atoms with Gasteiger partial charge in [-0.25, -0.2) is 0 Å². The summed E-state index contributed by atoms with van der Waals surface area (Å²) in [5.41, 5.74) is 1.98. The summed E-state index contributed by atoms with van der Waals surface area (Å²) in [7, 11) is 0. The fourth-order valence-electron chi connectivity index (χ4n) is 2.19. The third-order valence-corrected chi connectivity index (χ3v) is 6.80. The number of hydrogen-bond donors (Lipinski definition) is 1. The Bertz CT molecular complexity index is 877. The zero-order valence-corrected chi connectivity index (χ0v) is 16.9. The fourth-order valence-corrected chi connectivity index (χ4v) is 4.88. The Morgan fingerprint density at radius 1 is 0.885 bits per heavy atom. The molecule has 0 aliphatic rings. The summed E-state index contributed by atoms with van der Waals surface area (Å²) in [5.74, 6) is -0.0690. The average molecular weight is 424 g/mol. The molecule has 3 aromatic rings. The molecule has 130 valence electrons. The molecule has 3 rings (SSSR count). The van der Waals surface area contributed by atoms with Gasteiger partial charge in [0.1, 0.15) is 0 Å². The quantitative estimate of drug-likeness (QED) is 0.356. The van der Waals surface area contributed by atoms with Crippen LogP contribution in [0.1, 0.15) is 5.56 Å². The van der Waals surface area contributed by atoms with Gasteiger partial charge in [0.05, 0.1) is 0 Å². The van der Waals surface area contributed by atoms with Crippen LogP contribution in [0.3, 0.4) is 0 Å². The minimum atomic E-state index is -0.0690. The first-order valence-corrected chi connectivity index (χ1v) is 10.9. The van der Waals surface area contributed by atoms with E-state index in [1.54, 1.807) is 0 Å². The van der Waals surface area contributed by atoms with Crippen LogP contribution in [-0.4, -0.2) is 20.9 Å². The summed E-state index contributed by atoms with van der Waals surface area (Å²) in [6, 6.07) is 28.1. The number of benzene rings is 3. The molecule has 4 heteroatoms. The second-order valence-electron chi connectivity index (χ2n) is 5.65. The molecular weight excluding hydrogens is 405 g/mol. The van der Waals surface area contributed by atoms with Gasteiger partial charge in [-0.3, -0.25) is 0 Å². The Hall–Kier alpha value is -2.26. The number of carbonyl (C=O) groups is 1. The molecule has 1 amide bonds. The summed E-state index contributed by atoms with van der Waals surface area (Å²) < 4.78 is 1.24. The van der Waals surface area contributed by atoms with Crippen LogP contribution in [-0.2, 0) is 4.79 Å². The number of anilines is 1. The number of hydrogen-bond acceptors (Lipinski definition) is 2. The van der Waals surface area contributed by atoms with Gasteiger partial charge in [-0.1, -0.05) is 0 Å². The van der Waals surface area contributed by atoms with E-state index in [0.717, 1.165) is 15.5 Å². The Labute approximate surface area is 164 Å². The van der Waals surface area contributed by atoms with Crippen LogP contribution < -0.4 is 9.78 Å². The van der Waals surface area contributed by atoms with Crippen LogP contribution in [0.15, 0.2) is 99.7 Å². The van der Waals surface area contributed by atoms with Gasteiger partial charge in [0.15, 0.2) is 0 Å². The molecule has 1 N–H and O–H groups in total. The van der Waals surface area contributed by atoms with Gasteiger partial charge in [0.25, 0.3) is 0 Å². The monoisotopic (exact) mass is 425 g/mol. The summed E-state index contributed by atoms with van der Waals surface area (Å²) >= 11 is 1.60. The summed E-state index contributed by atoms with van der Waals surface area (Å²) in [6.45, 7) is 2.03. The third-order valence-electron chi connectivity index (χ3n) is 3.55. The van der Waals surface area contributed by atoms with Gasteiger partial charge >= 0.3 is 165 Å². The van der Waals surface area contributed by atoms with Crippen LogP contribution in [0.5, 0.6) is 0 Å².